The van der Waals surface area contributed by atoms with Crippen LogP contribution in [0.3, 0.4) is 0 Å². The molecular formula is C32H54N12O5S. The van der Waals surface area contributed by atoms with Crippen molar-refractivity contribution in [3.8, 4) is 0 Å². The molecule has 0 aliphatic carbocycles. The SMILES string of the molecule is Cc1ccc(S(=O)(=O)C(=O)[C@H](CCCNC(N)N)NC(=O)[C@@H](NN[C@@H](CCCNC(N)N)C(=O)NCc2ccc(C(=N)N)cc2)C(C)C)cc1. The van der Waals surface area contributed by atoms with Gasteiger partial charge in [0, 0.05) is 12.1 Å². The predicted octanol–water partition coefficient (Wildman–Crippen LogP) is -1.99. The quantitative estimate of drug-likeness (QED) is 0.0206. The van der Waals surface area contributed by atoms with E-state index in [9.17, 15) is 22.8 Å². The van der Waals surface area contributed by atoms with Crippen LogP contribution < -0.4 is 60.8 Å². The van der Waals surface area contributed by atoms with Crippen molar-refractivity contribution < 1.29 is 22.8 Å². The molecule has 50 heavy (non-hydrogen) atoms. The lowest BCUT2D eigenvalue weighted by Crippen LogP contribution is -2.60. The third-order valence-corrected chi connectivity index (χ3v) is 9.41. The van der Waals surface area contributed by atoms with Gasteiger partial charge in [-0.2, -0.15) is 0 Å². The van der Waals surface area contributed by atoms with Gasteiger partial charge in [-0.05, 0) is 69.3 Å². The van der Waals surface area contributed by atoms with E-state index in [1.165, 1.54) is 12.1 Å². The lowest BCUT2D eigenvalue weighted by molar-refractivity contribution is -0.129. The maximum atomic E-state index is 13.7. The van der Waals surface area contributed by atoms with Gasteiger partial charge in [0.15, 0.2) is 0 Å². The molecular weight excluding hydrogens is 664 g/mol. The number of nitrogens with two attached hydrogens (primary N) is 5. The zero-order valence-corrected chi connectivity index (χ0v) is 29.7. The van der Waals surface area contributed by atoms with Crippen LogP contribution >= 0.6 is 0 Å². The summed E-state index contributed by atoms with van der Waals surface area (Å²) >= 11 is 0. The van der Waals surface area contributed by atoms with E-state index in [1.54, 1.807) is 57.2 Å². The number of hydrogen-bond donors (Lipinski definition) is 12. The van der Waals surface area contributed by atoms with Crippen LogP contribution in [0, 0.1) is 18.3 Å². The van der Waals surface area contributed by atoms with Crippen LogP contribution in [-0.2, 0) is 30.8 Å². The van der Waals surface area contributed by atoms with Gasteiger partial charge in [-0.15, -0.1) is 0 Å². The summed E-state index contributed by atoms with van der Waals surface area (Å²) < 4.78 is 26.6. The molecule has 0 aliphatic heterocycles. The van der Waals surface area contributed by atoms with E-state index >= 15 is 0 Å². The number of sulfone groups is 1. The summed E-state index contributed by atoms with van der Waals surface area (Å²) in [6, 6.07) is 9.56. The number of rotatable bonds is 22. The van der Waals surface area contributed by atoms with Gasteiger partial charge >= 0.3 is 0 Å². The Bertz CT molecular complexity index is 1500. The van der Waals surface area contributed by atoms with Crippen molar-refractivity contribution in [2.75, 3.05) is 13.1 Å². The van der Waals surface area contributed by atoms with Gasteiger partial charge in [0.05, 0.1) is 10.9 Å². The number of aryl methyl sites for hydroxylation is 1. The van der Waals surface area contributed by atoms with Gasteiger partial charge < -0.3 is 39.3 Å². The molecule has 3 atom stereocenters. The van der Waals surface area contributed by atoms with E-state index in [1.807, 2.05) is 0 Å². The Kier molecular flexibility index (Phi) is 17.5. The molecule has 2 aromatic rings. The Balaban J connectivity index is 2.21. The molecule has 0 bridgehead atoms. The standard InChI is InChI=1S/C32H54N12O5S/c1-19(2)26(29(46)42-25(7-5-17-40-32(37)38)30(47)50(48,49)23-14-8-20(3)9-15-23)44-43-24(6-4-16-39-31(35)36)28(45)41-18-21-10-12-22(13-11-21)27(33)34/h8-15,19,24-26,31-32,39-40,43-44H,4-7,16-18,35-38H2,1-3H3,(H3,33,34)(H,41,45)(H,42,46)/t24-,25-,26-/m0/s1. The van der Waals surface area contributed by atoms with Crippen LogP contribution in [0.15, 0.2) is 53.4 Å². The summed E-state index contributed by atoms with van der Waals surface area (Å²) in [6.07, 6.45) is -0.451. The van der Waals surface area contributed by atoms with Gasteiger partial charge in [0.2, 0.25) is 21.7 Å². The van der Waals surface area contributed by atoms with Gasteiger partial charge in [0.25, 0.3) is 5.12 Å². The molecule has 18 heteroatoms. The van der Waals surface area contributed by atoms with Crippen molar-refractivity contribution in [3.05, 3.63) is 65.2 Å². The topological polar surface area (TPSA) is 311 Å². The second-order valence-corrected chi connectivity index (χ2v) is 14.2. The maximum Gasteiger partial charge on any atom is 0.273 e. The Morgan fingerprint density at radius 3 is 1.82 bits per heavy atom. The highest BCUT2D eigenvalue weighted by atomic mass is 32.2. The number of carbonyl (C=O) groups is 3. The molecule has 0 spiro atoms. The summed E-state index contributed by atoms with van der Waals surface area (Å²) in [5, 5.41) is 17.6. The van der Waals surface area contributed by atoms with Crippen molar-refractivity contribution in [1.29, 1.82) is 5.41 Å². The van der Waals surface area contributed by atoms with Crippen molar-refractivity contribution in [1.82, 2.24) is 32.1 Å². The summed E-state index contributed by atoms with van der Waals surface area (Å²) in [5.74, 6) is -1.43. The van der Waals surface area contributed by atoms with Gasteiger partial charge in [-0.25, -0.2) is 19.3 Å². The summed E-state index contributed by atoms with van der Waals surface area (Å²) in [5.41, 5.74) is 35.8. The number of amides is 2. The molecule has 0 fully saturated rings. The van der Waals surface area contributed by atoms with Crippen molar-refractivity contribution in [3.63, 3.8) is 0 Å². The average molecular weight is 719 g/mol. The molecule has 0 aromatic heterocycles. The fourth-order valence-electron chi connectivity index (χ4n) is 4.79. The van der Waals surface area contributed by atoms with Gasteiger partial charge in [-0.3, -0.25) is 30.4 Å². The minimum atomic E-state index is -4.44. The average Bonchev–Trinajstić information content (AvgIpc) is 3.05. The first-order valence-electron chi connectivity index (χ1n) is 16.4. The second-order valence-electron chi connectivity index (χ2n) is 12.3. The van der Waals surface area contributed by atoms with Crippen molar-refractivity contribution in [2.24, 2.45) is 34.6 Å². The molecule has 2 amide bonds. The Labute approximate surface area is 294 Å². The molecule has 0 saturated heterocycles. The van der Waals surface area contributed by atoms with Crippen LogP contribution in [0.4, 0.5) is 0 Å². The van der Waals surface area contributed by atoms with Gasteiger partial charge in [-0.1, -0.05) is 55.8 Å². The second kappa shape index (κ2) is 20.7. The smallest absolute Gasteiger partial charge is 0.273 e. The Morgan fingerprint density at radius 2 is 1.32 bits per heavy atom. The normalized spacial score (nSPS) is 13.6. The Hall–Kier alpha value is -3.85. The third kappa shape index (κ3) is 14.2. The number of benzene rings is 2. The minimum absolute atomic E-state index is 0.0116. The van der Waals surface area contributed by atoms with Crippen molar-refractivity contribution >= 4 is 32.6 Å². The van der Waals surface area contributed by atoms with Crippen LogP contribution in [-0.4, -0.2) is 75.0 Å². The molecule has 17 N–H and O–H groups in total. The summed E-state index contributed by atoms with van der Waals surface area (Å²) in [6.45, 7) is 6.21. The molecule has 0 unspecified atom stereocenters. The summed E-state index contributed by atoms with van der Waals surface area (Å²) in [7, 11) is -4.44. The van der Waals surface area contributed by atoms with Crippen LogP contribution in [0.2, 0.25) is 0 Å². The van der Waals surface area contributed by atoms with Crippen LogP contribution in [0.25, 0.3) is 0 Å². The predicted molar refractivity (Wildman–Crippen MR) is 192 cm³/mol. The van der Waals surface area contributed by atoms with E-state index < -0.39 is 51.6 Å². The zero-order chi connectivity index (χ0) is 37.4. The first-order chi connectivity index (χ1) is 23.5. The molecule has 0 heterocycles. The van der Waals surface area contributed by atoms with E-state index in [2.05, 4.69) is 32.1 Å². The number of carbonyl (C=O) groups excluding carboxylic acids is 3. The number of hydrogen-bond acceptors (Lipinski definition) is 14. The van der Waals surface area contributed by atoms with E-state index in [-0.39, 0.29) is 48.5 Å². The largest absolute Gasteiger partial charge is 0.384 e. The molecule has 17 nitrogen and oxygen atoms in total. The first-order valence-corrected chi connectivity index (χ1v) is 17.9. The third-order valence-electron chi connectivity index (χ3n) is 7.71. The number of nitrogen functional groups attached to an aromatic ring is 1. The highest BCUT2D eigenvalue weighted by Crippen LogP contribution is 2.17. The number of nitrogens with one attached hydrogen (secondary N) is 7. The highest BCUT2D eigenvalue weighted by molar-refractivity contribution is 8.06. The maximum absolute atomic E-state index is 13.7. The minimum Gasteiger partial charge on any atom is -0.384 e. The number of amidine groups is 1. The zero-order valence-electron chi connectivity index (χ0n) is 28.9. The van der Waals surface area contributed by atoms with E-state index in [0.717, 1.165) is 11.1 Å². The molecule has 0 radical (unpaired) electrons. The molecule has 0 saturated carbocycles. The molecule has 2 aromatic carbocycles. The van der Waals surface area contributed by atoms with Gasteiger partial charge in [0.1, 0.15) is 30.5 Å². The van der Waals surface area contributed by atoms with Crippen LogP contribution in [0.1, 0.15) is 56.2 Å². The number of hydrazine groups is 1. The lowest BCUT2D eigenvalue weighted by Gasteiger charge is -2.28. The lowest BCUT2D eigenvalue weighted by atomic mass is 10.0. The molecule has 0 aliphatic rings. The van der Waals surface area contributed by atoms with E-state index in [0.29, 0.717) is 24.9 Å². The monoisotopic (exact) mass is 718 g/mol. The fraction of sp³-hybridized carbons (Fsp3) is 0.500. The highest BCUT2D eigenvalue weighted by Gasteiger charge is 2.35. The van der Waals surface area contributed by atoms with Crippen molar-refractivity contribution in [2.45, 2.75) is 88.6 Å². The Morgan fingerprint density at radius 1 is 0.780 bits per heavy atom. The molecule has 2 rings (SSSR count). The first kappa shape index (κ1) is 42.3. The van der Waals surface area contributed by atoms with Crippen LogP contribution in [0.5, 0.6) is 0 Å². The molecule has 278 valence electrons. The fourth-order valence-corrected chi connectivity index (χ4v) is 6.07. The van der Waals surface area contributed by atoms with E-state index in [4.69, 9.17) is 34.1 Å². The summed E-state index contributed by atoms with van der Waals surface area (Å²) in [4.78, 5) is 40.3.